The Balaban J connectivity index is 0.992. The molecule has 0 unspecified atom stereocenters. The van der Waals surface area contributed by atoms with Crippen molar-refractivity contribution in [2.45, 2.75) is 51.4 Å². The molecule has 8 aromatic carbocycles. The SMILES string of the molecule is Cc1ccc(Oc2c(F)c(F)c(-c3c(F)c(F)c(OCC(F)(F)C(F)(F)C(F)(F)C(F)(F)COc4c(F)c(F)c(-c5c(F)c(F)c(Oc6ccc(-c7ccc(-c8cc(C)cc(C)c8)c(C)c7)cc6)c(F)c5F)c(F)c4F)c(F)c3F)c(F)c2F)cc1. The van der Waals surface area contributed by atoms with E-state index in [1.165, 1.54) is 31.2 Å². The van der Waals surface area contributed by atoms with Crippen LogP contribution in [0.1, 0.15) is 22.3 Å². The molecule has 0 aliphatic carbocycles. The largest absolute Gasteiger partial charge is 0.481 e. The van der Waals surface area contributed by atoms with Gasteiger partial charge in [-0.1, -0.05) is 77.4 Å². The summed E-state index contributed by atoms with van der Waals surface area (Å²) in [6.07, 6.45) is 0. The maximum atomic E-state index is 15.5. The molecule has 0 heterocycles. The van der Waals surface area contributed by atoms with Crippen molar-refractivity contribution in [1.82, 2.24) is 0 Å². The van der Waals surface area contributed by atoms with Crippen molar-refractivity contribution in [3.05, 3.63) is 200 Å². The van der Waals surface area contributed by atoms with Gasteiger partial charge in [-0.25, -0.2) is 35.1 Å². The van der Waals surface area contributed by atoms with E-state index in [1.54, 1.807) is 12.1 Å². The molecule has 0 aliphatic heterocycles. The first-order valence-electron chi connectivity index (χ1n) is 23.9. The third-order valence-electron chi connectivity index (χ3n) is 12.9. The molecular weight excluding hydrogens is 1220 g/mol. The van der Waals surface area contributed by atoms with Crippen LogP contribution >= 0.6 is 0 Å². The number of rotatable bonds is 17. The minimum atomic E-state index is -7.72. The average molecular weight is 1250 g/mol. The second-order valence-corrected chi connectivity index (χ2v) is 18.9. The summed E-state index contributed by atoms with van der Waals surface area (Å²) in [5.74, 6) is -88.4. The molecule has 0 spiro atoms. The molecule has 0 radical (unpaired) electrons. The van der Waals surface area contributed by atoms with Crippen LogP contribution in [0.2, 0.25) is 0 Å². The normalized spacial score (nSPS) is 12.3. The van der Waals surface area contributed by atoms with Crippen LogP contribution in [0.3, 0.4) is 0 Å². The quantitative estimate of drug-likeness (QED) is 0.0673. The van der Waals surface area contributed by atoms with Crippen molar-refractivity contribution in [3.8, 4) is 79.0 Å². The number of aryl methyl sites for hydroxylation is 4. The first-order valence-corrected chi connectivity index (χ1v) is 23.9. The molecule has 0 amide bonds. The van der Waals surface area contributed by atoms with E-state index in [9.17, 15) is 43.9 Å². The highest BCUT2D eigenvalue weighted by Crippen LogP contribution is 2.54. The van der Waals surface area contributed by atoms with Gasteiger partial charge in [0, 0.05) is 0 Å². The summed E-state index contributed by atoms with van der Waals surface area (Å²) < 4.78 is 379. The highest BCUT2D eigenvalue weighted by atomic mass is 19.4. The second kappa shape index (κ2) is 22.9. The van der Waals surface area contributed by atoms with Crippen LogP contribution in [0.15, 0.2) is 84.9 Å². The Labute approximate surface area is 467 Å². The van der Waals surface area contributed by atoms with E-state index in [2.05, 4.69) is 9.47 Å². The number of halogens is 24. The standard InChI is InChI=1S/C58H30F24O4/c1-21-5-10-28(11-6-21)85-53-47(71)39(63)33(40(64)48(53)72)31-35(59)43(67)51(44(68)36(31)60)83-19-55(75,76)57(79,80)58(81,82)56(77,78)20-84-52-45(69)37(61)32(38(62)46(52)70)34-41(65)49(73)54(50(74)42(34)66)86-29-12-7-25(8-13-29)26-9-14-30(24(4)18-26)27-16-22(2)15-23(3)17-27/h5-18H,19-20H2,1-4H3. The van der Waals surface area contributed by atoms with Gasteiger partial charge in [0.05, 0.1) is 22.3 Å². The Hall–Kier alpha value is -8.72. The van der Waals surface area contributed by atoms with E-state index < -0.39 is 187 Å². The monoisotopic (exact) mass is 1250 g/mol. The lowest BCUT2D eigenvalue weighted by atomic mass is 9.94. The minimum Gasteiger partial charge on any atom is -0.481 e. The second-order valence-electron chi connectivity index (χ2n) is 18.9. The minimum absolute atomic E-state index is 0.468. The maximum absolute atomic E-state index is 15.5. The van der Waals surface area contributed by atoms with E-state index in [-0.39, 0.29) is 0 Å². The fraction of sp³-hybridized carbons (Fsp3) is 0.172. The van der Waals surface area contributed by atoms with Crippen LogP contribution in [-0.4, -0.2) is 36.9 Å². The zero-order valence-corrected chi connectivity index (χ0v) is 43.2. The molecule has 0 aliphatic rings. The van der Waals surface area contributed by atoms with Gasteiger partial charge in [-0.3, -0.25) is 0 Å². The molecule has 8 rings (SSSR count). The van der Waals surface area contributed by atoms with Crippen molar-refractivity contribution >= 4 is 0 Å². The van der Waals surface area contributed by atoms with Gasteiger partial charge < -0.3 is 18.9 Å². The van der Waals surface area contributed by atoms with E-state index in [1.807, 2.05) is 45.0 Å². The molecule has 86 heavy (non-hydrogen) atoms. The van der Waals surface area contributed by atoms with E-state index in [0.717, 1.165) is 52.1 Å². The van der Waals surface area contributed by atoms with E-state index >= 15 is 61.5 Å². The predicted molar refractivity (Wildman–Crippen MR) is 257 cm³/mol. The summed E-state index contributed by atoms with van der Waals surface area (Å²) in [5.41, 5.74) is -4.46. The molecule has 0 fully saturated rings. The fourth-order valence-corrected chi connectivity index (χ4v) is 8.58. The lowest BCUT2D eigenvalue weighted by molar-refractivity contribution is -0.372. The van der Waals surface area contributed by atoms with Crippen LogP contribution in [0.25, 0.3) is 44.5 Å². The molecule has 0 N–H and O–H groups in total. The maximum Gasteiger partial charge on any atom is 0.381 e. The zero-order chi connectivity index (χ0) is 63.8. The van der Waals surface area contributed by atoms with Crippen molar-refractivity contribution in [3.63, 3.8) is 0 Å². The van der Waals surface area contributed by atoms with Crippen molar-refractivity contribution in [1.29, 1.82) is 0 Å². The van der Waals surface area contributed by atoms with Crippen LogP contribution in [0.5, 0.6) is 34.5 Å². The number of alkyl halides is 8. The molecule has 0 atom stereocenters. The van der Waals surface area contributed by atoms with Gasteiger partial charge in [0.2, 0.25) is 58.0 Å². The highest BCUT2D eigenvalue weighted by molar-refractivity contribution is 5.75. The number of hydrogen-bond donors (Lipinski definition) is 0. The smallest absolute Gasteiger partial charge is 0.381 e. The summed E-state index contributed by atoms with van der Waals surface area (Å²) in [7, 11) is 0. The molecule has 0 saturated heterocycles. The zero-order valence-electron chi connectivity index (χ0n) is 43.2. The van der Waals surface area contributed by atoms with Gasteiger partial charge in [0.15, 0.2) is 71.3 Å². The molecular formula is C58H30F24O4. The average Bonchev–Trinajstić information content (AvgIpc) is 1.12. The molecule has 8 aromatic rings. The summed E-state index contributed by atoms with van der Waals surface area (Å²) in [4.78, 5) is 0. The van der Waals surface area contributed by atoms with Crippen molar-refractivity contribution < 1.29 is 124 Å². The van der Waals surface area contributed by atoms with E-state index in [0.29, 0.717) is 16.7 Å². The van der Waals surface area contributed by atoms with Crippen LogP contribution in [-0.2, 0) is 0 Å². The van der Waals surface area contributed by atoms with Gasteiger partial charge >= 0.3 is 23.7 Å². The Bertz CT molecular complexity index is 3880. The molecule has 454 valence electrons. The summed E-state index contributed by atoms with van der Waals surface area (Å²) >= 11 is 0. The molecule has 4 nitrogen and oxygen atoms in total. The topological polar surface area (TPSA) is 36.9 Å². The Morgan fingerprint density at radius 3 is 0.895 bits per heavy atom. The third-order valence-corrected chi connectivity index (χ3v) is 12.9. The van der Waals surface area contributed by atoms with Gasteiger partial charge in [0.1, 0.15) is 11.5 Å². The first-order chi connectivity index (χ1) is 40.0. The Kier molecular flexibility index (Phi) is 16.9. The number of benzene rings is 8. The molecule has 0 bridgehead atoms. The highest BCUT2D eigenvalue weighted by Gasteiger charge is 2.81. The molecule has 0 aromatic heterocycles. The first kappa shape index (κ1) is 63.3. The molecule has 28 heteroatoms. The third kappa shape index (κ3) is 10.9. The summed E-state index contributed by atoms with van der Waals surface area (Å²) in [6, 6.07) is 20.5. The van der Waals surface area contributed by atoms with Crippen LogP contribution in [0, 0.1) is 121 Å². The van der Waals surface area contributed by atoms with Crippen LogP contribution in [0.4, 0.5) is 105 Å². The Morgan fingerprint density at radius 1 is 0.291 bits per heavy atom. The van der Waals surface area contributed by atoms with Gasteiger partial charge in [0.25, 0.3) is 0 Å². The lowest BCUT2D eigenvalue weighted by Crippen LogP contribution is -2.65. The van der Waals surface area contributed by atoms with Gasteiger partial charge in [-0.05, 0) is 79.8 Å². The number of ether oxygens (including phenoxy) is 4. The van der Waals surface area contributed by atoms with E-state index in [4.69, 9.17) is 9.47 Å². The van der Waals surface area contributed by atoms with Gasteiger partial charge in [-0.15, -0.1) is 0 Å². The van der Waals surface area contributed by atoms with Crippen molar-refractivity contribution in [2.75, 3.05) is 13.2 Å². The summed E-state index contributed by atoms with van der Waals surface area (Å²) in [6.45, 7) is -0.325. The summed E-state index contributed by atoms with van der Waals surface area (Å²) in [5, 5.41) is 0. The van der Waals surface area contributed by atoms with Crippen molar-refractivity contribution in [2.24, 2.45) is 0 Å². The Morgan fingerprint density at radius 2 is 0.581 bits per heavy atom. The molecule has 0 saturated carbocycles. The van der Waals surface area contributed by atoms with Gasteiger partial charge in [-0.2, -0.15) is 70.2 Å². The van der Waals surface area contributed by atoms with Crippen LogP contribution < -0.4 is 18.9 Å². The number of hydrogen-bond acceptors (Lipinski definition) is 4. The predicted octanol–water partition coefficient (Wildman–Crippen LogP) is 19.4. The fourth-order valence-electron chi connectivity index (χ4n) is 8.58. The lowest BCUT2D eigenvalue weighted by Gasteiger charge is -2.36.